The number of benzene rings is 1. The SMILES string of the molecule is CCN(CC(C)C)C(C)C(=O)c1ccc(F)c(F)c1. The average Bonchev–Trinajstić information content (AvgIpc) is 2.37. The van der Waals surface area contributed by atoms with Gasteiger partial charge in [0.1, 0.15) is 0 Å². The van der Waals surface area contributed by atoms with Gasteiger partial charge in [-0.2, -0.15) is 0 Å². The second-order valence-corrected chi connectivity index (χ2v) is 5.15. The van der Waals surface area contributed by atoms with Crippen LogP contribution in [-0.2, 0) is 0 Å². The Morgan fingerprint density at radius 1 is 1.21 bits per heavy atom. The minimum Gasteiger partial charge on any atom is -0.294 e. The summed E-state index contributed by atoms with van der Waals surface area (Å²) in [6, 6.07) is 2.96. The summed E-state index contributed by atoms with van der Waals surface area (Å²) in [5, 5.41) is 0. The van der Waals surface area contributed by atoms with Crippen molar-refractivity contribution in [2.45, 2.75) is 33.7 Å². The third kappa shape index (κ3) is 4.10. The Kier molecular flexibility index (Phi) is 5.60. The molecule has 0 saturated heterocycles. The molecule has 4 heteroatoms. The second-order valence-electron chi connectivity index (χ2n) is 5.15. The first-order valence-corrected chi connectivity index (χ1v) is 6.60. The van der Waals surface area contributed by atoms with Crippen LogP contribution in [0.3, 0.4) is 0 Å². The molecule has 0 heterocycles. The normalized spacial score (nSPS) is 13.1. The molecular formula is C15H21F2NO. The van der Waals surface area contributed by atoms with Gasteiger partial charge >= 0.3 is 0 Å². The Labute approximate surface area is 113 Å². The van der Waals surface area contributed by atoms with Gasteiger partial charge in [-0.05, 0) is 37.6 Å². The van der Waals surface area contributed by atoms with E-state index in [1.165, 1.54) is 6.07 Å². The van der Waals surface area contributed by atoms with Crippen LogP contribution in [0.4, 0.5) is 8.78 Å². The average molecular weight is 269 g/mol. The van der Waals surface area contributed by atoms with Crippen LogP contribution in [0, 0.1) is 17.6 Å². The van der Waals surface area contributed by atoms with E-state index in [0.29, 0.717) is 5.92 Å². The predicted molar refractivity (Wildman–Crippen MR) is 72.2 cm³/mol. The Balaban J connectivity index is 2.88. The quantitative estimate of drug-likeness (QED) is 0.736. The van der Waals surface area contributed by atoms with Gasteiger partial charge in [-0.3, -0.25) is 9.69 Å². The van der Waals surface area contributed by atoms with E-state index in [0.717, 1.165) is 25.2 Å². The number of carbonyl (C=O) groups is 1. The van der Waals surface area contributed by atoms with E-state index in [9.17, 15) is 13.6 Å². The van der Waals surface area contributed by atoms with Gasteiger partial charge in [0.25, 0.3) is 0 Å². The number of ketones is 1. The Bertz CT molecular complexity index is 446. The zero-order chi connectivity index (χ0) is 14.6. The maximum absolute atomic E-state index is 13.2. The molecule has 106 valence electrons. The van der Waals surface area contributed by atoms with Crippen molar-refractivity contribution in [2.75, 3.05) is 13.1 Å². The molecule has 1 aromatic carbocycles. The van der Waals surface area contributed by atoms with E-state index in [2.05, 4.69) is 13.8 Å². The van der Waals surface area contributed by atoms with Gasteiger partial charge in [0.15, 0.2) is 17.4 Å². The number of rotatable bonds is 6. The van der Waals surface area contributed by atoms with Gasteiger partial charge in [0, 0.05) is 12.1 Å². The molecule has 0 aliphatic heterocycles. The minimum absolute atomic E-state index is 0.179. The summed E-state index contributed by atoms with van der Waals surface area (Å²) in [6.45, 7) is 9.49. The molecule has 19 heavy (non-hydrogen) atoms. The van der Waals surface area contributed by atoms with Crippen LogP contribution < -0.4 is 0 Å². The fourth-order valence-corrected chi connectivity index (χ4v) is 2.09. The van der Waals surface area contributed by atoms with E-state index in [1.807, 2.05) is 11.8 Å². The van der Waals surface area contributed by atoms with Gasteiger partial charge in [0.2, 0.25) is 0 Å². The van der Waals surface area contributed by atoms with Gasteiger partial charge in [-0.1, -0.05) is 20.8 Å². The fraction of sp³-hybridized carbons (Fsp3) is 0.533. The first-order valence-electron chi connectivity index (χ1n) is 6.60. The van der Waals surface area contributed by atoms with Crippen molar-refractivity contribution in [3.05, 3.63) is 35.4 Å². The van der Waals surface area contributed by atoms with E-state index in [1.54, 1.807) is 6.92 Å². The van der Waals surface area contributed by atoms with Crippen molar-refractivity contribution in [3.63, 3.8) is 0 Å². The zero-order valence-electron chi connectivity index (χ0n) is 11.9. The smallest absolute Gasteiger partial charge is 0.179 e. The number of nitrogens with zero attached hydrogens (tertiary/aromatic N) is 1. The lowest BCUT2D eigenvalue weighted by atomic mass is 10.0. The fourth-order valence-electron chi connectivity index (χ4n) is 2.09. The Morgan fingerprint density at radius 3 is 2.32 bits per heavy atom. The molecule has 1 aromatic rings. The van der Waals surface area contributed by atoms with Gasteiger partial charge in [-0.25, -0.2) is 8.78 Å². The van der Waals surface area contributed by atoms with E-state index < -0.39 is 11.6 Å². The molecule has 0 fully saturated rings. The highest BCUT2D eigenvalue weighted by Crippen LogP contribution is 2.14. The summed E-state index contributed by atoms with van der Waals surface area (Å²) in [5.41, 5.74) is 0.216. The summed E-state index contributed by atoms with van der Waals surface area (Å²) in [6.07, 6.45) is 0. The number of halogens is 2. The zero-order valence-corrected chi connectivity index (χ0v) is 11.9. The van der Waals surface area contributed by atoms with Gasteiger partial charge < -0.3 is 0 Å². The highest BCUT2D eigenvalue weighted by molar-refractivity contribution is 5.99. The van der Waals surface area contributed by atoms with Gasteiger partial charge in [0.05, 0.1) is 6.04 Å². The lowest BCUT2D eigenvalue weighted by Gasteiger charge is -2.28. The maximum Gasteiger partial charge on any atom is 0.179 e. The predicted octanol–water partition coefficient (Wildman–Crippen LogP) is 3.51. The van der Waals surface area contributed by atoms with Crippen LogP contribution in [0.1, 0.15) is 38.1 Å². The summed E-state index contributed by atoms with van der Waals surface area (Å²) in [5.74, 6) is -1.65. The molecule has 1 rings (SSSR count). The lowest BCUT2D eigenvalue weighted by molar-refractivity contribution is 0.0829. The molecule has 0 saturated carbocycles. The number of carbonyl (C=O) groups excluding carboxylic acids is 1. The number of hydrogen-bond acceptors (Lipinski definition) is 2. The summed E-state index contributed by atoms with van der Waals surface area (Å²) in [4.78, 5) is 14.3. The van der Waals surface area contributed by atoms with Crippen LogP contribution in [0.15, 0.2) is 18.2 Å². The molecule has 0 radical (unpaired) electrons. The second kappa shape index (κ2) is 6.75. The molecule has 0 spiro atoms. The summed E-state index contributed by atoms with van der Waals surface area (Å²) < 4.78 is 26.0. The third-order valence-electron chi connectivity index (χ3n) is 3.14. The van der Waals surface area contributed by atoms with Crippen LogP contribution in [-0.4, -0.2) is 29.8 Å². The Morgan fingerprint density at radius 2 is 1.84 bits per heavy atom. The molecule has 1 atom stereocenters. The molecule has 0 aliphatic carbocycles. The van der Waals surface area contributed by atoms with Crippen molar-refractivity contribution >= 4 is 5.78 Å². The van der Waals surface area contributed by atoms with E-state index in [-0.39, 0.29) is 17.4 Å². The molecule has 0 amide bonds. The van der Waals surface area contributed by atoms with Crippen LogP contribution in [0.2, 0.25) is 0 Å². The van der Waals surface area contributed by atoms with Crippen LogP contribution >= 0.6 is 0 Å². The van der Waals surface area contributed by atoms with Crippen molar-refractivity contribution in [1.82, 2.24) is 4.90 Å². The number of likely N-dealkylation sites (N-methyl/N-ethyl adjacent to an activating group) is 1. The maximum atomic E-state index is 13.2. The number of hydrogen-bond donors (Lipinski definition) is 0. The lowest BCUT2D eigenvalue weighted by Crippen LogP contribution is -2.41. The standard InChI is InChI=1S/C15H21F2NO/c1-5-18(9-10(2)3)11(4)15(19)12-6-7-13(16)14(17)8-12/h6-8,10-11H,5,9H2,1-4H3. The Hall–Kier alpha value is -1.29. The van der Waals surface area contributed by atoms with Crippen molar-refractivity contribution in [1.29, 1.82) is 0 Å². The molecule has 0 bridgehead atoms. The highest BCUT2D eigenvalue weighted by atomic mass is 19.2. The van der Waals surface area contributed by atoms with Crippen LogP contribution in [0.25, 0.3) is 0 Å². The minimum atomic E-state index is -0.982. The van der Waals surface area contributed by atoms with Crippen molar-refractivity contribution < 1.29 is 13.6 Å². The first-order chi connectivity index (χ1) is 8.86. The largest absolute Gasteiger partial charge is 0.294 e. The van der Waals surface area contributed by atoms with Crippen LogP contribution in [0.5, 0.6) is 0 Å². The molecule has 0 aliphatic rings. The molecular weight excluding hydrogens is 248 g/mol. The molecule has 0 aromatic heterocycles. The van der Waals surface area contributed by atoms with E-state index in [4.69, 9.17) is 0 Å². The van der Waals surface area contributed by atoms with Crippen molar-refractivity contribution in [2.24, 2.45) is 5.92 Å². The van der Waals surface area contributed by atoms with E-state index >= 15 is 0 Å². The van der Waals surface area contributed by atoms with Gasteiger partial charge in [-0.15, -0.1) is 0 Å². The first kappa shape index (κ1) is 15.8. The highest BCUT2D eigenvalue weighted by Gasteiger charge is 2.22. The third-order valence-corrected chi connectivity index (χ3v) is 3.14. The summed E-state index contributed by atoms with van der Waals surface area (Å²) >= 11 is 0. The summed E-state index contributed by atoms with van der Waals surface area (Å²) in [7, 11) is 0. The monoisotopic (exact) mass is 269 g/mol. The van der Waals surface area contributed by atoms with Crippen molar-refractivity contribution in [3.8, 4) is 0 Å². The molecule has 1 unspecified atom stereocenters. The number of Topliss-reactive ketones (excluding diaryl/α,β-unsaturated/α-hetero) is 1. The molecule has 2 nitrogen and oxygen atoms in total. The molecule has 0 N–H and O–H groups in total. The topological polar surface area (TPSA) is 20.3 Å².